The Morgan fingerprint density at radius 3 is 2.38 bits per heavy atom. The van der Waals surface area contributed by atoms with Gasteiger partial charge in [0.1, 0.15) is 5.75 Å². The molecule has 2 rings (SSSR count). The summed E-state index contributed by atoms with van der Waals surface area (Å²) in [5.74, 6) is 0.395. The minimum absolute atomic E-state index is 0.395. The molecule has 1 aromatic carbocycles. The van der Waals surface area contributed by atoms with Gasteiger partial charge in [0.2, 0.25) is 0 Å². The first-order valence-corrected chi connectivity index (χ1v) is 5.73. The van der Waals surface area contributed by atoms with E-state index in [0.717, 1.165) is 37.4 Å². The highest BCUT2D eigenvalue weighted by Gasteiger charge is 2.17. The highest BCUT2D eigenvalue weighted by molar-refractivity contribution is 5.64. The van der Waals surface area contributed by atoms with Crippen LogP contribution < -0.4 is 4.90 Å². The van der Waals surface area contributed by atoms with Crippen LogP contribution in [0.3, 0.4) is 0 Å². The summed E-state index contributed by atoms with van der Waals surface area (Å²) in [7, 11) is 0. The van der Waals surface area contributed by atoms with Gasteiger partial charge in [0, 0.05) is 18.8 Å². The maximum Gasteiger partial charge on any atom is 0.119 e. The summed E-state index contributed by atoms with van der Waals surface area (Å²) < 4.78 is 5.36. The van der Waals surface area contributed by atoms with Gasteiger partial charge in [-0.3, -0.25) is 0 Å². The van der Waals surface area contributed by atoms with E-state index in [4.69, 9.17) is 4.74 Å². The van der Waals surface area contributed by atoms with Gasteiger partial charge in [0.05, 0.1) is 13.2 Å². The van der Waals surface area contributed by atoms with Crippen molar-refractivity contribution in [1.82, 2.24) is 0 Å². The normalized spacial score (nSPS) is 16.6. The Balaban J connectivity index is 2.42. The van der Waals surface area contributed by atoms with Gasteiger partial charge in [0.15, 0.2) is 0 Å². The lowest BCUT2D eigenvalue weighted by Crippen LogP contribution is -2.37. The molecule has 3 nitrogen and oxygen atoms in total. The summed E-state index contributed by atoms with van der Waals surface area (Å²) in [5, 5.41) is 9.76. The fourth-order valence-electron chi connectivity index (χ4n) is 2.32. The first kappa shape index (κ1) is 11.3. The van der Waals surface area contributed by atoms with E-state index < -0.39 is 0 Å². The van der Waals surface area contributed by atoms with Crippen LogP contribution in [0, 0.1) is 20.8 Å². The molecule has 0 saturated carbocycles. The molecule has 1 aliphatic rings. The number of phenols is 1. The van der Waals surface area contributed by atoms with Crippen molar-refractivity contribution in [3.63, 3.8) is 0 Å². The molecule has 0 spiro atoms. The molecule has 1 aliphatic heterocycles. The summed E-state index contributed by atoms with van der Waals surface area (Å²) in [4.78, 5) is 2.35. The molecule has 1 heterocycles. The molecule has 1 N–H and O–H groups in total. The van der Waals surface area contributed by atoms with Crippen LogP contribution >= 0.6 is 0 Å². The van der Waals surface area contributed by atoms with Crippen molar-refractivity contribution >= 4 is 5.69 Å². The Labute approximate surface area is 96.6 Å². The van der Waals surface area contributed by atoms with Crippen LogP contribution in [0.25, 0.3) is 0 Å². The van der Waals surface area contributed by atoms with Crippen molar-refractivity contribution < 1.29 is 9.84 Å². The third-order valence-electron chi connectivity index (χ3n) is 3.36. The number of anilines is 1. The van der Waals surface area contributed by atoms with Crippen molar-refractivity contribution in [3.05, 3.63) is 22.8 Å². The molecule has 1 aromatic rings. The zero-order valence-corrected chi connectivity index (χ0v) is 10.2. The Morgan fingerprint density at radius 1 is 1.12 bits per heavy atom. The summed E-state index contributed by atoms with van der Waals surface area (Å²) in [6, 6.07) is 1.85. The van der Waals surface area contributed by atoms with Gasteiger partial charge in [-0.1, -0.05) is 0 Å². The van der Waals surface area contributed by atoms with Crippen LogP contribution in [0.5, 0.6) is 5.75 Å². The number of aromatic hydroxyl groups is 1. The summed E-state index contributed by atoms with van der Waals surface area (Å²) in [6.07, 6.45) is 0. The van der Waals surface area contributed by atoms with E-state index in [0.29, 0.717) is 5.75 Å². The standard InChI is InChI=1S/C13H19NO2/c1-9-8-12(15)10(2)11(3)13(9)14-4-6-16-7-5-14/h8,15H,4-7H2,1-3H3. The molecule has 0 unspecified atom stereocenters. The monoisotopic (exact) mass is 221 g/mol. The molecule has 1 fully saturated rings. The first-order valence-electron chi connectivity index (χ1n) is 5.73. The van der Waals surface area contributed by atoms with Gasteiger partial charge in [0.25, 0.3) is 0 Å². The van der Waals surface area contributed by atoms with Crippen LogP contribution in [0.15, 0.2) is 6.07 Å². The minimum atomic E-state index is 0.395. The van der Waals surface area contributed by atoms with Gasteiger partial charge in [-0.2, -0.15) is 0 Å². The highest BCUT2D eigenvalue weighted by Crippen LogP contribution is 2.33. The van der Waals surface area contributed by atoms with E-state index >= 15 is 0 Å². The van der Waals surface area contributed by atoms with Crippen molar-refractivity contribution in [2.75, 3.05) is 31.2 Å². The van der Waals surface area contributed by atoms with E-state index in [-0.39, 0.29) is 0 Å². The van der Waals surface area contributed by atoms with Gasteiger partial charge in [-0.05, 0) is 43.5 Å². The Morgan fingerprint density at radius 2 is 1.75 bits per heavy atom. The van der Waals surface area contributed by atoms with E-state index in [2.05, 4.69) is 18.7 Å². The number of ether oxygens (including phenoxy) is 1. The summed E-state index contributed by atoms with van der Waals surface area (Å²) in [5.41, 5.74) is 4.56. The van der Waals surface area contributed by atoms with Crippen molar-refractivity contribution in [2.24, 2.45) is 0 Å². The smallest absolute Gasteiger partial charge is 0.119 e. The lowest BCUT2D eigenvalue weighted by Gasteiger charge is -2.32. The first-order chi connectivity index (χ1) is 7.61. The van der Waals surface area contributed by atoms with Gasteiger partial charge >= 0.3 is 0 Å². The number of benzene rings is 1. The zero-order valence-electron chi connectivity index (χ0n) is 10.2. The van der Waals surface area contributed by atoms with Gasteiger partial charge in [-0.25, -0.2) is 0 Å². The number of aryl methyl sites for hydroxylation is 1. The molecule has 0 bridgehead atoms. The summed E-state index contributed by atoms with van der Waals surface area (Å²) in [6.45, 7) is 9.55. The molecule has 1 saturated heterocycles. The molecule has 88 valence electrons. The van der Waals surface area contributed by atoms with Crippen LogP contribution in [0.2, 0.25) is 0 Å². The molecular formula is C13H19NO2. The fraction of sp³-hybridized carbons (Fsp3) is 0.538. The third-order valence-corrected chi connectivity index (χ3v) is 3.36. The Bertz CT molecular complexity index is 395. The maximum absolute atomic E-state index is 9.76. The van der Waals surface area contributed by atoms with E-state index in [1.807, 2.05) is 13.0 Å². The predicted molar refractivity (Wildman–Crippen MR) is 65.3 cm³/mol. The average Bonchev–Trinajstić information content (AvgIpc) is 2.28. The average molecular weight is 221 g/mol. The fourth-order valence-corrected chi connectivity index (χ4v) is 2.32. The summed E-state index contributed by atoms with van der Waals surface area (Å²) >= 11 is 0. The lowest BCUT2D eigenvalue weighted by molar-refractivity contribution is 0.122. The van der Waals surface area contributed by atoms with E-state index in [1.54, 1.807) is 0 Å². The molecule has 0 aromatic heterocycles. The number of rotatable bonds is 1. The van der Waals surface area contributed by atoms with Crippen LogP contribution in [0.1, 0.15) is 16.7 Å². The highest BCUT2D eigenvalue weighted by atomic mass is 16.5. The quantitative estimate of drug-likeness (QED) is 0.788. The van der Waals surface area contributed by atoms with Crippen LogP contribution in [-0.2, 0) is 4.74 Å². The second kappa shape index (κ2) is 4.34. The molecule has 0 atom stereocenters. The van der Waals surface area contributed by atoms with E-state index in [9.17, 15) is 5.11 Å². The van der Waals surface area contributed by atoms with Crippen LogP contribution in [-0.4, -0.2) is 31.4 Å². The maximum atomic E-state index is 9.76. The number of morpholine rings is 1. The largest absolute Gasteiger partial charge is 0.508 e. The number of hydrogen-bond acceptors (Lipinski definition) is 3. The number of nitrogens with zero attached hydrogens (tertiary/aromatic N) is 1. The zero-order chi connectivity index (χ0) is 11.7. The third kappa shape index (κ3) is 1.87. The van der Waals surface area contributed by atoms with Gasteiger partial charge < -0.3 is 14.7 Å². The van der Waals surface area contributed by atoms with Gasteiger partial charge in [-0.15, -0.1) is 0 Å². The lowest BCUT2D eigenvalue weighted by atomic mass is 10.0. The molecule has 3 heteroatoms. The second-order valence-corrected chi connectivity index (χ2v) is 4.41. The predicted octanol–water partition coefficient (Wildman–Crippen LogP) is 2.15. The number of hydrogen-bond donors (Lipinski definition) is 1. The molecular weight excluding hydrogens is 202 g/mol. The molecule has 16 heavy (non-hydrogen) atoms. The number of phenolic OH excluding ortho intramolecular Hbond substituents is 1. The van der Waals surface area contributed by atoms with Crippen LogP contribution in [0.4, 0.5) is 5.69 Å². The minimum Gasteiger partial charge on any atom is -0.508 e. The SMILES string of the molecule is Cc1cc(O)c(C)c(C)c1N1CCOCC1. The molecule has 0 radical (unpaired) electrons. The van der Waals surface area contributed by atoms with E-state index in [1.165, 1.54) is 11.3 Å². The second-order valence-electron chi connectivity index (χ2n) is 4.41. The van der Waals surface area contributed by atoms with Crippen molar-refractivity contribution in [3.8, 4) is 5.75 Å². The molecule has 0 aliphatic carbocycles. The topological polar surface area (TPSA) is 32.7 Å². The Kier molecular flexibility index (Phi) is 3.06. The van der Waals surface area contributed by atoms with Crippen molar-refractivity contribution in [2.45, 2.75) is 20.8 Å². The Hall–Kier alpha value is -1.22. The molecule has 0 amide bonds. The van der Waals surface area contributed by atoms with Crippen molar-refractivity contribution in [1.29, 1.82) is 0 Å².